The van der Waals surface area contributed by atoms with E-state index in [9.17, 15) is 0 Å². The molecule has 0 bridgehead atoms. The van der Waals surface area contributed by atoms with Gasteiger partial charge in [0, 0.05) is 39.5 Å². The Hall–Kier alpha value is -1.02. The summed E-state index contributed by atoms with van der Waals surface area (Å²) in [5.74, 6) is 2.02. The van der Waals surface area contributed by atoms with Crippen LogP contribution in [0, 0.1) is 0 Å². The Morgan fingerprint density at radius 3 is 2.46 bits per heavy atom. The molecule has 2 fully saturated rings. The number of hydrogen-bond donors (Lipinski definition) is 1. The minimum absolute atomic E-state index is 0. The lowest BCUT2D eigenvalue weighted by Gasteiger charge is -2.34. The first-order chi connectivity index (χ1) is 12.3. The lowest BCUT2D eigenvalue weighted by Crippen LogP contribution is -2.47. The van der Waals surface area contributed by atoms with Crippen molar-refractivity contribution in [2.45, 2.75) is 38.2 Å². The SMILES string of the molecule is CN=C(NCCCN1CCCC1)N1CCC(Oc2ccccc2)CC1.I. The van der Waals surface area contributed by atoms with Gasteiger partial charge in [0.1, 0.15) is 11.9 Å². The summed E-state index contributed by atoms with van der Waals surface area (Å²) in [5.41, 5.74) is 0. The predicted molar refractivity (Wildman–Crippen MR) is 119 cm³/mol. The molecule has 26 heavy (non-hydrogen) atoms. The van der Waals surface area contributed by atoms with Crippen molar-refractivity contribution in [3.8, 4) is 5.75 Å². The average Bonchev–Trinajstić information content (AvgIpc) is 3.17. The summed E-state index contributed by atoms with van der Waals surface area (Å²) < 4.78 is 6.08. The van der Waals surface area contributed by atoms with Crippen LogP contribution in [0.5, 0.6) is 5.75 Å². The highest BCUT2D eigenvalue weighted by molar-refractivity contribution is 14.0. The van der Waals surface area contributed by atoms with Gasteiger partial charge in [-0.3, -0.25) is 4.99 Å². The lowest BCUT2D eigenvalue weighted by molar-refractivity contribution is 0.129. The Balaban J connectivity index is 0.00000243. The Bertz CT molecular complexity index is 526. The van der Waals surface area contributed by atoms with Crippen LogP contribution in [0.3, 0.4) is 0 Å². The van der Waals surface area contributed by atoms with Gasteiger partial charge >= 0.3 is 0 Å². The number of piperidine rings is 1. The van der Waals surface area contributed by atoms with Crippen LogP contribution in [0.1, 0.15) is 32.1 Å². The third-order valence-electron chi connectivity index (χ3n) is 5.13. The summed E-state index contributed by atoms with van der Waals surface area (Å²) in [5, 5.41) is 3.54. The van der Waals surface area contributed by atoms with E-state index in [1.54, 1.807) is 0 Å². The van der Waals surface area contributed by atoms with E-state index in [4.69, 9.17) is 4.74 Å². The maximum absolute atomic E-state index is 6.08. The van der Waals surface area contributed by atoms with Crippen LogP contribution in [0.25, 0.3) is 0 Å². The van der Waals surface area contributed by atoms with Crippen LogP contribution in [-0.4, -0.2) is 68.2 Å². The van der Waals surface area contributed by atoms with Crippen molar-refractivity contribution < 1.29 is 4.74 Å². The van der Waals surface area contributed by atoms with E-state index >= 15 is 0 Å². The second-order valence-electron chi connectivity index (χ2n) is 6.99. The molecular formula is C20H33IN4O. The second kappa shape index (κ2) is 11.6. The summed E-state index contributed by atoms with van der Waals surface area (Å²) in [6.45, 7) is 6.78. The number of guanidine groups is 1. The number of halogens is 1. The lowest BCUT2D eigenvalue weighted by atomic mass is 10.1. The van der Waals surface area contributed by atoms with Gasteiger partial charge in [0.15, 0.2) is 5.96 Å². The van der Waals surface area contributed by atoms with Gasteiger partial charge in [-0.15, -0.1) is 24.0 Å². The molecule has 1 aromatic carbocycles. The molecule has 1 aromatic rings. The molecule has 2 saturated heterocycles. The average molecular weight is 472 g/mol. The highest BCUT2D eigenvalue weighted by Gasteiger charge is 2.22. The topological polar surface area (TPSA) is 40.1 Å². The molecule has 0 spiro atoms. The number of nitrogens with zero attached hydrogens (tertiary/aromatic N) is 3. The van der Waals surface area contributed by atoms with E-state index in [1.165, 1.54) is 38.9 Å². The Kier molecular flexibility index (Phi) is 9.53. The molecule has 0 atom stereocenters. The van der Waals surface area contributed by atoms with Crippen molar-refractivity contribution in [1.29, 1.82) is 0 Å². The monoisotopic (exact) mass is 472 g/mol. The van der Waals surface area contributed by atoms with E-state index in [-0.39, 0.29) is 24.0 Å². The van der Waals surface area contributed by atoms with Gasteiger partial charge in [0.05, 0.1) is 0 Å². The highest BCUT2D eigenvalue weighted by atomic mass is 127. The van der Waals surface area contributed by atoms with E-state index in [2.05, 4.69) is 20.1 Å². The van der Waals surface area contributed by atoms with Gasteiger partial charge in [-0.1, -0.05) is 18.2 Å². The van der Waals surface area contributed by atoms with Crippen LogP contribution in [0.15, 0.2) is 35.3 Å². The van der Waals surface area contributed by atoms with Crippen molar-refractivity contribution >= 4 is 29.9 Å². The molecule has 1 N–H and O–H groups in total. The van der Waals surface area contributed by atoms with Gasteiger partial charge in [-0.2, -0.15) is 0 Å². The highest BCUT2D eigenvalue weighted by Crippen LogP contribution is 2.18. The van der Waals surface area contributed by atoms with Gasteiger partial charge in [0.25, 0.3) is 0 Å². The molecule has 2 aliphatic rings. The molecule has 2 aliphatic heterocycles. The predicted octanol–water partition coefficient (Wildman–Crippen LogP) is 3.21. The first-order valence-corrected chi connectivity index (χ1v) is 9.75. The first kappa shape index (κ1) is 21.3. The maximum atomic E-state index is 6.08. The summed E-state index contributed by atoms with van der Waals surface area (Å²) in [4.78, 5) is 9.40. The quantitative estimate of drug-likeness (QED) is 0.299. The molecule has 6 heteroatoms. The molecule has 0 saturated carbocycles. The zero-order valence-electron chi connectivity index (χ0n) is 15.9. The van der Waals surface area contributed by atoms with Gasteiger partial charge in [-0.25, -0.2) is 0 Å². The molecule has 146 valence electrons. The third kappa shape index (κ3) is 6.61. The minimum atomic E-state index is 0. The number of ether oxygens (including phenoxy) is 1. The molecular weight excluding hydrogens is 439 g/mol. The first-order valence-electron chi connectivity index (χ1n) is 9.75. The standard InChI is InChI=1S/C20H32N4O.HI/c1-21-20(22-12-7-15-23-13-5-6-14-23)24-16-10-19(11-17-24)25-18-8-3-2-4-9-18;/h2-4,8-9,19H,5-7,10-17H2,1H3,(H,21,22);1H. The fraction of sp³-hybridized carbons (Fsp3) is 0.650. The smallest absolute Gasteiger partial charge is 0.193 e. The zero-order valence-corrected chi connectivity index (χ0v) is 18.2. The van der Waals surface area contributed by atoms with Crippen LogP contribution < -0.4 is 10.1 Å². The fourth-order valence-corrected chi connectivity index (χ4v) is 3.72. The number of rotatable bonds is 6. The number of para-hydroxylation sites is 1. The molecule has 0 unspecified atom stereocenters. The van der Waals surface area contributed by atoms with Crippen molar-refractivity contribution in [3.63, 3.8) is 0 Å². The Morgan fingerprint density at radius 1 is 1.12 bits per heavy atom. The summed E-state index contributed by atoms with van der Waals surface area (Å²) in [6.07, 6.45) is 6.33. The van der Waals surface area contributed by atoms with Crippen LogP contribution in [-0.2, 0) is 0 Å². The van der Waals surface area contributed by atoms with Crippen molar-refractivity contribution in [2.24, 2.45) is 4.99 Å². The Labute approximate surface area is 175 Å². The van der Waals surface area contributed by atoms with E-state index in [1.807, 2.05) is 37.4 Å². The molecule has 2 heterocycles. The van der Waals surface area contributed by atoms with Gasteiger partial charge in [0.2, 0.25) is 0 Å². The molecule has 0 amide bonds. The summed E-state index contributed by atoms with van der Waals surface area (Å²) in [6, 6.07) is 10.1. The van der Waals surface area contributed by atoms with Crippen LogP contribution in [0.2, 0.25) is 0 Å². The Morgan fingerprint density at radius 2 is 1.81 bits per heavy atom. The normalized spacial score (nSPS) is 19.3. The third-order valence-corrected chi connectivity index (χ3v) is 5.13. The number of nitrogens with one attached hydrogen (secondary N) is 1. The largest absolute Gasteiger partial charge is 0.490 e. The van der Waals surface area contributed by atoms with E-state index < -0.39 is 0 Å². The van der Waals surface area contributed by atoms with Crippen molar-refractivity contribution in [2.75, 3.05) is 46.3 Å². The zero-order chi connectivity index (χ0) is 17.3. The van der Waals surface area contributed by atoms with Crippen LogP contribution >= 0.6 is 24.0 Å². The number of hydrogen-bond acceptors (Lipinski definition) is 3. The van der Waals surface area contributed by atoms with Gasteiger partial charge < -0.3 is 19.9 Å². The minimum Gasteiger partial charge on any atom is -0.490 e. The van der Waals surface area contributed by atoms with Crippen LogP contribution in [0.4, 0.5) is 0 Å². The van der Waals surface area contributed by atoms with E-state index in [0.29, 0.717) is 6.10 Å². The second-order valence-corrected chi connectivity index (χ2v) is 6.99. The molecule has 0 radical (unpaired) electrons. The number of benzene rings is 1. The number of likely N-dealkylation sites (tertiary alicyclic amines) is 2. The summed E-state index contributed by atoms with van der Waals surface area (Å²) in [7, 11) is 1.88. The van der Waals surface area contributed by atoms with E-state index in [0.717, 1.165) is 44.2 Å². The molecule has 0 aliphatic carbocycles. The molecule has 5 nitrogen and oxygen atoms in total. The molecule has 0 aromatic heterocycles. The molecule has 3 rings (SSSR count). The fourth-order valence-electron chi connectivity index (χ4n) is 3.72. The number of aliphatic imine (C=N–C) groups is 1. The maximum Gasteiger partial charge on any atom is 0.193 e. The van der Waals surface area contributed by atoms with Crippen molar-refractivity contribution in [3.05, 3.63) is 30.3 Å². The summed E-state index contributed by atoms with van der Waals surface area (Å²) >= 11 is 0. The van der Waals surface area contributed by atoms with Gasteiger partial charge in [-0.05, 0) is 51.0 Å². The van der Waals surface area contributed by atoms with Crippen molar-refractivity contribution in [1.82, 2.24) is 15.1 Å².